The molecular formula is C21H30N4O4S. The standard InChI is InChI=1S/C21H30N4O4S/c26-13-10-23-6-8-24(9-7-23)19-18(17-3-1-16-30-17)20(27)25(21(19)28)5-2-4-22-11-14-29-15-12-22/h1,3,16,26H,2,4-15H2. The molecule has 3 aliphatic rings. The number of carbonyl (C=O) groups is 2. The summed E-state index contributed by atoms with van der Waals surface area (Å²) in [7, 11) is 0. The van der Waals surface area contributed by atoms with Crippen LogP contribution in [0.15, 0.2) is 23.2 Å². The maximum absolute atomic E-state index is 13.3. The molecule has 0 aromatic carbocycles. The van der Waals surface area contributed by atoms with Crippen molar-refractivity contribution < 1.29 is 19.4 Å². The maximum Gasteiger partial charge on any atom is 0.277 e. The zero-order valence-electron chi connectivity index (χ0n) is 17.3. The average Bonchev–Trinajstić information content (AvgIpc) is 3.37. The molecule has 2 saturated heterocycles. The first-order chi connectivity index (χ1) is 14.7. The van der Waals surface area contributed by atoms with Gasteiger partial charge in [0.05, 0.1) is 25.4 Å². The van der Waals surface area contributed by atoms with Crippen molar-refractivity contribution in [1.82, 2.24) is 19.6 Å². The lowest BCUT2D eigenvalue weighted by molar-refractivity contribution is -0.137. The molecule has 1 aromatic rings. The van der Waals surface area contributed by atoms with Gasteiger partial charge in [0.15, 0.2) is 0 Å². The van der Waals surface area contributed by atoms with Crippen LogP contribution >= 0.6 is 11.3 Å². The number of amides is 2. The average molecular weight is 435 g/mol. The number of piperazine rings is 1. The Bertz CT molecular complexity index is 768. The van der Waals surface area contributed by atoms with E-state index in [0.29, 0.717) is 37.4 Å². The van der Waals surface area contributed by atoms with Crippen molar-refractivity contribution >= 4 is 28.7 Å². The summed E-state index contributed by atoms with van der Waals surface area (Å²) < 4.78 is 5.38. The van der Waals surface area contributed by atoms with E-state index in [1.165, 1.54) is 16.2 Å². The van der Waals surface area contributed by atoms with Gasteiger partial charge in [-0.15, -0.1) is 11.3 Å². The van der Waals surface area contributed by atoms with E-state index in [0.717, 1.165) is 57.2 Å². The highest BCUT2D eigenvalue weighted by Crippen LogP contribution is 2.34. The van der Waals surface area contributed by atoms with Crippen molar-refractivity contribution in [3.8, 4) is 0 Å². The summed E-state index contributed by atoms with van der Waals surface area (Å²) in [6.07, 6.45) is 0.771. The summed E-state index contributed by atoms with van der Waals surface area (Å²) in [5, 5.41) is 11.1. The molecule has 30 heavy (non-hydrogen) atoms. The van der Waals surface area contributed by atoms with Gasteiger partial charge in [0.25, 0.3) is 11.8 Å². The Labute approximate surface area is 181 Å². The molecule has 0 aliphatic carbocycles. The Morgan fingerprint density at radius 2 is 1.67 bits per heavy atom. The molecule has 3 aliphatic heterocycles. The fourth-order valence-electron chi connectivity index (χ4n) is 4.32. The molecule has 4 rings (SSSR count). The largest absolute Gasteiger partial charge is 0.395 e. The van der Waals surface area contributed by atoms with E-state index in [2.05, 4.69) is 14.7 Å². The van der Waals surface area contributed by atoms with Gasteiger partial charge in [0.1, 0.15) is 5.70 Å². The van der Waals surface area contributed by atoms with Crippen molar-refractivity contribution in [3.63, 3.8) is 0 Å². The summed E-state index contributed by atoms with van der Waals surface area (Å²) in [4.78, 5) is 35.5. The molecule has 8 nitrogen and oxygen atoms in total. The topological polar surface area (TPSA) is 76.6 Å². The van der Waals surface area contributed by atoms with Crippen molar-refractivity contribution in [3.05, 3.63) is 28.1 Å². The van der Waals surface area contributed by atoms with Gasteiger partial charge in [-0.3, -0.25) is 24.3 Å². The number of hydrogen-bond donors (Lipinski definition) is 1. The fraction of sp³-hybridized carbons (Fsp3) is 0.619. The highest BCUT2D eigenvalue weighted by Gasteiger charge is 2.42. The minimum Gasteiger partial charge on any atom is -0.395 e. The molecule has 0 bridgehead atoms. The van der Waals surface area contributed by atoms with Crippen LogP contribution in [0, 0.1) is 0 Å². The number of ether oxygens (including phenoxy) is 1. The number of aliphatic hydroxyl groups is 1. The van der Waals surface area contributed by atoms with Crippen LogP contribution in [0.3, 0.4) is 0 Å². The Morgan fingerprint density at radius 1 is 0.933 bits per heavy atom. The lowest BCUT2D eigenvalue weighted by atomic mass is 10.1. The summed E-state index contributed by atoms with van der Waals surface area (Å²) in [5.74, 6) is -0.335. The first kappa shape index (κ1) is 21.5. The molecule has 0 saturated carbocycles. The number of nitrogens with zero attached hydrogens (tertiary/aromatic N) is 4. The molecule has 9 heteroatoms. The number of aliphatic hydroxyl groups excluding tert-OH is 1. The Kier molecular flexibility index (Phi) is 7.16. The quantitative estimate of drug-likeness (QED) is 0.584. The number of imide groups is 1. The number of thiophene rings is 1. The van der Waals surface area contributed by atoms with Gasteiger partial charge in [-0.2, -0.15) is 0 Å². The summed E-state index contributed by atoms with van der Waals surface area (Å²) in [6, 6.07) is 3.84. The smallest absolute Gasteiger partial charge is 0.277 e. The van der Waals surface area contributed by atoms with Crippen LogP contribution in [-0.4, -0.2) is 115 Å². The van der Waals surface area contributed by atoms with Gasteiger partial charge in [-0.05, 0) is 17.9 Å². The van der Waals surface area contributed by atoms with Crippen LogP contribution in [0.2, 0.25) is 0 Å². The van der Waals surface area contributed by atoms with E-state index < -0.39 is 0 Å². The number of β-amino-alcohol motifs (C(OH)–C–C–N with tert-alkyl or cyclic N) is 1. The second-order valence-corrected chi connectivity index (χ2v) is 8.77. The Hall–Kier alpha value is -1.78. The highest BCUT2D eigenvalue weighted by molar-refractivity contribution is 7.11. The van der Waals surface area contributed by atoms with E-state index in [1.54, 1.807) is 0 Å². The number of morpholine rings is 1. The summed E-state index contributed by atoms with van der Waals surface area (Å²) in [6.45, 7) is 8.32. The second kappa shape index (κ2) is 10.0. The third-order valence-corrected chi connectivity index (χ3v) is 6.86. The van der Waals surface area contributed by atoms with Gasteiger partial charge >= 0.3 is 0 Å². The molecular weight excluding hydrogens is 404 g/mol. The molecule has 0 unspecified atom stereocenters. The molecule has 4 heterocycles. The van der Waals surface area contributed by atoms with Gasteiger partial charge in [0, 0.05) is 63.8 Å². The number of carbonyl (C=O) groups excluding carboxylic acids is 2. The van der Waals surface area contributed by atoms with Gasteiger partial charge in [0.2, 0.25) is 0 Å². The van der Waals surface area contributed by atoms with Gasteiger partial charge in [-0.1, -0.05) is 6.07 Å². The van der Waals surface area contributed by atoms with Gasteiger partial charge < -0.3 is 14.7 Å². The molecule has 0 atom stereocenters. The SMILES string of the molecule is O=C1C(c2cccs2)=C(N2CCN(CCO)CC2)C(=O)N1CCCN1CCOCC1. The number of rotatable bonds is 8. The summed E-state index contributed by atoms with van der Waals surface area (Å²) in [5.41, 5.74) is 1.11. The van der Waals surface area contributed by atoms with E-state index in [-0.39, 0.29) is 18.4 Å². The van der Waals surface area contributed by atoms with Crippen LogP contribution in [0.5, 0.6) is 0 Å². The molecule has 2 amide bonds. The third-order valence-electron chi connectivity index (χ3n) is 5.98. The highest BCUT2D eigenvalue weighted by atomic mass is 32.1. The molecule has 2 fully saturated rings. The van der Waals surface area contributed by atoms with E-state index >= 15 is 0 Å². The molecule has 1 N–H and O–H groups in total. The minimum atomic E-state index is -0.169. The van der Waals surface area contributed by atoms with E-state index in [9.17, 15) is 14.7 Å². The lowest BCUT2D eigenvalue weighted by Crippen LogP contribution is -2.48. The first-order valence-electron chi connectivity index (χ1n) is 10.7. The van der Waals surface area contributed by atoms with Crippen molar-refractivity contribution in [2.75, 3.05) is 78.7 Å². The van der Waals surface area contributed by atoms with Crippen LogP contribution < -0.4 is 0 Å². The number of hydrogen-bond acceptors (Lipinski definition) is 8. The zero-order chi connectivity index (χ0) is 20.9. The van der Waals surface area contributed by atoms with Crippen LogP contribution in [-0.2, 0) is 14.3 Å². The second-order valence-electron chi connectivity index (χ2n) is 7.82. The van der Waals surface area contributed by atoms with E-state index in [4.69, 9.17) is 4.74 Å². The summed E-state index contributed by atoms with van der Waals surface area (Å²) >= 11 is 1.50. The molecule has 0 spiro atoms. The van der Waals surface area contributed by atoms with Crippen LogP contribution in [0.1, 0.15) is 11.3 Å². The predicted molar refractivity (Wildman–Crippen MR) is 115 cm³/mol. The predicted octanol–water partition coefficient (Wildman–Crippen LogP) is 0.160. The lowest BCUT2D eigenvalue weighted by Gasteiger charge is -2.36. The van der Waals surface area contributed by atoms with Crippen LogP contribution in [0.25, 0.3) is 5.57 Å². The van der Waals surface area contributed by atoms with Gasteiger partial charge in [-0.25, -0.2) is 0 Å². The molecule has 0 radical (unpaired) electrons. The normalized spacial score (nSPS) is 21.9. The van der Waals surface area contributed by atoms with E-state index in [1.807, 2.05) is 17.5 Å². The van der Waals surface area contributed by atoms with Crippen molar-refractivity contribution in [1.29, 1.82) is 0 Å². The maximum atomic E-state index is 13.3. The van der Waals surface area contributed by atoms with Crippen LogP contribution in [0.4, 0.5) is 0 Å². The third kappa shape index (κ3) is 4.60. The Balaban J connectivity index is 1.46. The molecule has 164 valence electrons. The fourth-order valence-corrected chi connectivity index (χ4v) is 5.08. The Morgan fingerprint density at radius 3 is 2.33 bits per heavy atom. The monoisotopic (exact) mass is 434 g/mol. The van der Waals surface area contributed by atoms with Crippen molar-refractivity contribution in [2.24, 2.45) is 0 Å². The zero-order valence-corrected chi connectivity index (χ0v) is 18.1. The van der Waals surface area contributed by atoms with Crippen molar-refractivity contribution in [2.45, 2.75) is 6.42 Å². The first-order valence-corrected chi connectivity index (χ1v) is 11.6. The molecule has 1 aromatic heterocycles. The minimum absolute atomic E-state index is 0.136.